The van der Waals surface area contributed by atoms with E-state index >= 15 is 0 Å². The fourth-order valence-electron chi connectivity index (χ4n) is 3.63. The van der Waals surface area contributed by atoms with Gasteiger partial charge in [0.15, 0.2) is 0 Å². The van der Waals surface area contributed by atoms with Gasteiger partial charge in [-0.1, -0.05) is 59.9 Å². The second kappa shape index (κ2) is 8.85. The van der Waals surface area contributed by atoms with Crippen molar-refractivity contribution >= 4 is 70.3 Å². The Hall–Kier alpha value is -2.02. The highest BCUT2D eigenvalue weighted by Crippen LogP contribution is 2.31. The standard InChI is InChI=1S/C25H19Br3N2O/c1-13-9-19(10-14(2)23(13)28)29-25(31)21-12-22(16-4-6-17(26)7-5-16)30-24-15(3)8-18(27)11-20(21)24/h4-12H,1-3H3,(H,29,31). The lowest BCUT2D eigenvalue weighted by Crippen LogP contribution is -2.13. The Morgan fingerprint density at radius 2 is 1.45 bits per heavy atom. The zero-order valence-electron chi connectivity index (χ0n) is 17.2. The molecular formula is C25H19Br3N2O. The molecule has 0 spiro atoms. The molecule has 0 aliphatic rings. The van der Waals surface area contributed by atoms with Gasteiger partial charge in [0.05, 0.1) is 16.8 Å². The van der Waals surface area contributed by atoms with Crippen molar-refractivity contribution in [2.45, 2.75) is 20.8 Å². The number of fused-ring (bicyclic) bond motifs is 1. The van der Waals surface area contributed by atoms with E-state index in [0.29, 0.717) is 5.56 Å². The summed E-state index contributed by atoms with van der Waals surface area (Å²) < 4.78 is 2.97. The lowest BCUT2D eigenvalue weighted by molar-refractivity contribution is 0.102. The third kappa shape index (κ3) is 4.61. The molecule has 1 amide bonds. The number of aryl methyl sites for hydroxylation is 3. The first-order chi connectivity index (χ1) is 14.7. The Morgan fingerprint density at radius 1 is 0.806 bits per heavy atom. The van der Waals surface area contributed by atoms with Gasteiger partial charge in [-0.3, -0.25) is 4.79 Å². The van der Waals surface area contributed by atoms with Crippen molar-refractivity contribution in [1.82, 2.24) is 4.98 Å². The molecule has 0 unspecified atom stereocenters. The first-order valence-corrected chi connectivity index (χ1v) is 12.1. The average molecular weight is 603 g/mol. The second-order valence-corrected chi connectivity index (χ2v) is 10.2. The molecule has 0 saturated heterocycles. The van der Waals surface area contributed by atoms with E-state index in [4.69, 9.17) is 4.98 Å². The molecular weight excluding hydrogens is 584 g/mol. The third-order valence-corrected chi connectivity index (χ3v) is 7.39. The van der Waals surface area contributed by atoms with Crippen molar-refractivity contribution < 1.29 is 4.79 Å². The number of hydrogen-bond acceptors (Lipinski definition) is 2. The molecule has 1 heterocycles. The van der Waals surface area contributed by atoms with Crippen LogP contribution in [0.1, 0.15) is 27.0 Å². The number of carbonyl (C=O) groups is 1. The van der Waals surface area contributed by atoms with E-state index in [9.17, 15) is 4.79 Å². The van der Waals surface area contributed by atoms with Crippen LogP contribution in [0, 0.1) is 20.8 Å². The smallest absolute Gasteiger partial charge is 0.256 e. The SMILES string of the molecule is Cc1cc(NC(=O)c2cc(-c3ccc(Br)cc3)nc3c(C)cc(Br)cc23)cc(C)c1Br. The van der Waals surface area contributed by atoms with Gasteiger partial charge < -0.3 is 5.32 Å². The van der Waals surface area contributed by atoms with Gasteiger partial charge in [-0.25, -0.2) is 4.98 Å². The van der Waals surface area contributed by atoms with Crippen LogP contribution < -0.4 is 5.32 Å². The number of nitrogens with zero attached hydrogens (tertiary/aromatic N) is 1. The van der Waals surface area contributed by atoms with Crippen molar-refractivity contribution in [3.05, 3.63) is 90.3 Å². The van der Waals surface area contributed by atoms with E-state index in [1.807, 2.05) is 75.4 Å². The van der Waals surface area contributed by atoms with Crippen LogP contribution >= 0.6 is 47.8 Å². The molecule has 0 saturated carbocycles. The summed E-state index contributed by atoms with van der Waals surface area (Å²) in [5.41, 5.74) is 7.05. The number of nitrogens with one attached hydrogen (secondary N) is 1. The first-order valence-electron chi connectivity index (χ1n) is 9.68. The summed E-state index contributed by atoms with van der Waals surface area (Å²) in [5.74, 6) is -0.163. The van der Waals surface area contributed by atoms with Gasteiger partial charge in [-0.15, -0.1) is 0 Å². The molecule has 4 aromatic rings. The average Bonchev–Trinajstić information content (AvgIpc) is 2.72. The fraction of sp³-hybridized carbons (Fsp3) is 0.120. The normalized spacial score (nSPS) is 11.0. The van der Waals surface area contributed by atoms with Gasteiger partial charge in [0.1, 0.15) is 0 Å². The van der Waals surface area contributed by atoms with Gasteiger partial charge in [0, 0.05) is 30.1 Å². The topological polar surface area (TPSA) is 42.0 Å². The number of hydrogen-bond donors (Lipinski definition) is 1. The number of pyridine rings is 1. The largest absolute Gasteiger partial charge is 0.322 e. The van der Waals surface area contributed by atoms with E-state index < -0.39 is 0 Å². The molecule has 156 valence electrons. The minimum Gasteiger partial charge on any atom is -0.322 e. The molecule has 0 atom stereocenters. The molecule has 1 N–H and O–H groups in total. The zero-order valence-corrected chi connectivity index (χ0v) is 21.9. The van der Waals surface area contributed by atoms with Crippen LogP contribution in [0.15, 0.2) is 68.0 Å². The van der Waals surface area contributed by atoms with Crippen molar-refractivity contribution in [2.75, 3.05) is 5.32 Å². The van der Waals surface area contributed by atoms with Crippen LogP contribution in [0.4, 0.5) is 5.69 Å². The maximum atomic E-state index is 13.4. The predicted octanol–water partition coefficient (Wildman–Crippen LogP) is 8.37. The molecule has 0 radical (unpaired) electrons. The molecule has 6 heteroatoms. The minimum atomic E-state index is -0.163. The summed E-state index contributed by atoms with van der Waals surface area (Å²) in [5, 5.41) is 3.89. The van der Waals surface area contributed by atoms with E-state index in [-0.39, 0.29) is 5.91 Å². The molecule has 1 aromatic heterocycles. The van der Waals surface area contributed by atoms with E-state index in [1.165, 1.54) is 0 Å². The summed E-state index contributed by atoms with van der Waals surface area (Å²) >= 11 is 10.6. The second-order valence-electron chi connectivity index (χ2n) is 7.56. The molecule has 0 aliphatic heterocycles. The van der Waals surface area contributed by atoms with Crippen LogP contribution in [0.3, 0.4) is 0 Å². The molecule has 0 fully saturated rings. The maximum Gasteiger partial charge on any atom is 0.256 e. The Kier molecular flexibility index (Phi) is 6.33. The van der Waals surface area contributed by atoms with Crippen LogP contribution in [-0.2, 0) is 0 Å². The summed E-state index contributed by atoms with van der Waals surface area (Å²) in [6.45, 7) is 6.04. The number of amides is 1. The van der Waals surface area contributed by atoms with Crippen LogP contribution in [0.25, 0.3) is 22.2 Å². The predicted molar refractivity (Wildman–Crippen MR) is 139 cm³/mol. The zero-order chi connectivity index (χ0) is 22.3. The van der Waals surface area contributed by atoms with Crippen molar-refractivity contribution in [1.29, 1.82) is 0 Å². The number of rotatable bonds is 3. The Bertz CT molecular complexity index is 1310. The lowest BCUT2D eigenvalue weighted by Gasteiger charge is -2.14. The quantitative estimate of drug-likeness (QED) is 0.256. The highest BCUT2D eigenvalue weighted by Gasteiger charge is 2.17. The molecule has 0 bridgehead atoms. The number of aromatic nitrogens is 1. The van der Waals surface area contributed by atoms with Gasteiger partial charge in [0.25, 0.3) is 5.91 Å². The first kappa shape index (κ1) is 22.2. The monoisotopic (exact) mass is 600 g/mol. The van der Waals surface area contributed by atoms with Gasteiger partial charge in [0.2, 0.25) is 0 Å². The van der Waals surface area contributed by atoms with Crippen molar-refractivity contribution in [2.24, 2.45) is 0 Å². The van der Waals surface area contributed by atoms with E-state index in [0.717, 1.165) is 58.0 Å². The number of carbonyl (C=O) groups excluding carboxylic acids is 1. The molecule has 3 nitrogen and oxygen atoms in total. The Labute approximate surface area is 206 Å². The number of benzene rings is 3. The van der Waals surface area contributed by atoms with Gasteiger partial charge >= 0.3 is 0 Å². The molecule has 0 aliphatic carbocycles. The van der Waals surface area contributed by atoms with Crippen LogP contribution in [-0.4, -0.2) is 10.9 Å². The summed E-state index contributed by atoms with van der Waals surface area (Å²) in [7, 11) is 0. The summed E-state index contributed by atoms with van der Waals surface area (Å²) in [4.78, 5) is 18.3. The highest BCUT2D eigenvalue weighted by atomic mass is 79.9. The molecule has 3 aromatic carbocycles. The fourth-order valence-corrected chi connectivity index (χ4v) is 4.69. The summed E-state index contributed by atoms with van der Waals surface area (Å²) in [6, 6.07) is 17.7. The maximum absolute atomic E-state index is 13.4. The molecule has 4 rings (SSSR count). The highest BCUT2D eigenvalue weighted by molar-refractivity contribution is 9.11. The third-order valence-electron chi connectivity index (χ3n) is 5.15. The van der Waals surface area contributed by atoms with E-state index in [1.54, 1.807) is 0 Å². The molecule has 31 heavy (non-hydrogen) atoms. The van der Waals surface area contributed by atoms with E-state index in [2.05, 4.69) is 53.1 Å². The number of anilines is 1. The minimum absolute atomic E-state index is 0.163. The summed E-state index contributed by atoms with van der Waals surface area (Å²) in [6.07, 6.45) is 0. The van der Waals surface area contributed by atoms with Gasteiger partial charge in [-0.2, -0.15) is 0 Å². The van der Waals surface area contributed by atoms with Crippen LogP contribution in [0.5, 0.6) is 0 Å². The van der Waals surface area contributed by atoms with Crippen molar-refractivity contribution in [3.8, 4) is 11.3 Å². The number of halogens is 3. The Balaban J connectivity index is 1.86. The van der Waals surface area contributed by atoms with Gasteiger partial charge in [-0.05, 0) is 79.9 Å². The lowest BCUT2D eigenvalue weighted by atomic mass is 10.0. The van der Waals surface area contributed by atoms with Crippen LogP contribution in [0.2, 0.25) is 0 Å². The van der Waals surface area contributed by atoms with Crippen molar-refractivity contribution in [3.63, 3.8) is 0 Å². The Morgan fingerprint density at radius 3 is 2.10 bits per heavy atom.